The molecule has 0 radical (unpaired) electrons. The Morgan fingerprint density at radius 2 is 1.88 bits per heavy atom. The van der Waals surface area contributed by atoms with Crippen LogP contribution in [0.15, 0.2) is 47.3 Å². The molecule has 1 aliphatic heterocycles. The number of halogens is 2. The molecule has 1 aromatic heterocycles. The number of nitrogens with one attached hydrogen (secondary N) is 1. The van der Waals surface area contributed by atoms with Gasteiger partial charge in [-0.1, -0.05) is 25.0 Å². The number of aryl methyl sites for hydroxylation is 1. The number of nitrogens with zero attached hydrogens (tertiary/aromatic N) is 2. The number of rotatable bonds is 6. The maximum Gasteiger partial charge on any atom is 0.387 e. The van der Waals surface area contributed by atoms with Crippen molar-refractivity contribution in [2.75, 3.05) is 6.54 Å². The van der Waals surface area contributed by atoms with Crippen LogP contribution >= 0.6 is 0 Å². The van der Waals surface area contributed by atoms with Gasteiger partial charge in [0.05, 0.1) is 10.9 Å². The minimum Gasteiger partial charge on any atom is -0.435 e. The molecule has 2 heterocycles. The number of ether oxygens (including phenoxy) is 1. The summed E-state index contributed by atoms with van der Waals surface area (Å²) in [4.78, 5) is 30.2. The Bertz CT molecular complexity index is 1160. The van der Waals surface area contributed by atoms with E-state index in [1.807, 2.05) is 0 Å². The Morgan fingerprint density at radius 3 is 2.66 bits per heavy atom. The highest BCUT2D eigenvalue weighted by atomic mass is 19.3. The molecule has 0 unspecified atom stereocenters. The van der Waals surface area contributed by atoms with Crippen molar-refractivity contribution >= 4 is 16.8 Å². The van der Waals surface area contributed by atoms with Crippen molar-refractivity contribution in [2.45, 2.75) is 51.7 Å². The van der Waals surface area contributed by atoms with Gasteiger partial charge < -0.3 is 10.1 Å². The van der Waals surface area contributed by atoms with Gasteiger partial charge in [-0.05, 0) is 55.2 Å². The molecule has 0 aliphatic carbocycles. The minimum atomic E-state index is -2.85. The predicted octanol–water partition coefficient (Wildman–Crippen LogP) is 4.09. The van der Waals surface area contributed by atoms with Crippen LogP contribution < -0.4 is 15.6 Å². The van der Waals surface area contributed by atoms with E-state index in [0.717, 1.165) is 43.5 Å². The highest BCUT2D eigenvalue weighted by molar-refractivity contribution is 5.97. The molecular formula is C24H25F2N3O3. The first kappa shape index (κ1) is 21.9. The summed E-state index contributed by atoms with van der Waals surface area (Å²) in [5.74, 6) is 0.637. The lowest BCUT2D eigenvalue weighted by Gasteiger charge is -2.16. The second-order valence-electron chi connectivity index (χ2n) is 7.91. The van der Waals surface area contributed by atoms with E-state index in [1.165, 1.54) is 12.1 Å². The summed E-state index contributed by atoms with van der Waals surface area (Å²) >= 11 is 0. The highest BCUT2D eigenvalue weighted by Crippen LogP contribution is 2.17. The first-order valence-electron chi connectivity index (χ1n) is 10.9. The number of amides is 1. The van der Waals surface area contributed by atoms with Crippen LogP contribution in [0, 0.1) is 0 Å². The third-order valence-corrected chi connectivity index (χ3v) is 5.68. The smallest absolute Gasteiger partial charge is 0.387 e. The van der Waals surface area contributed by atoms with Crippen LogP contribution in [-0.2, 0) is 19.4 Å². The second kappa shape index (κ2) is 9.89. The summed E-state index contributed by atoms with van der Waals surface area (Å²) in [6.07, 6.45) is 5.55. The van der Waals surface area contributed by atoms with Crippen LogP contribution in [-0.4, -0.2) is 28.6 Å². The maximum absolute atomic E-state index is 12.9. The highest BCUT2D eigenvalue weighted by Gasteiger charge is 2.15. The molecule has 0 atom stereocenters. The van der Waals surface area contributed by atoms with Crippen LogP contribution in [0.2, 0.25) is 0 Å². The van der Waals surface area contributed by atoms with E-state index in [0.29, 0.717) is 36.0 Å². The Morgan fingerprint density at radius 1 is 1.09 bits per heavy atom. The van der Waals surface area contributed by atoms with Crippen molar-refractivity contribution in [2.24, 2.45) is 0 Å². The lowest BCUT2D eigenvalue weighted by atomic mass is 10.1. The molecule has 0 saturated heterocycles. The molecule has 0 spiro atoms. The zero-order valence-corrected chi connectivity index (χ0v) is 17.7. The topological polar surface area (TPSA) is 73.2 Å². The first-order chi connectivity index (χ1) is 15.5. The van der Waals surface area contributed by atoms with Gasteiger partial charge in [0, 0.05) is 25.1 Å². The van der Waals surface area contributed by atoms with Gasteiger partial charge in [-0.2, -0.15) is 8.78 Å². The van der Waals surface area contributed by atoms with E-state index in [9.17, 15) is 18.4 Å². The number of aromatic nitrogens is 2. The molecule has 4 rings (SSSR count). The molecule has 8 heteroatoms. The number of benzene rings is 2. The van der Waals surface area contributed by atoms with Gasteiger partial charge in [-0.3, -0.25) is 14.2 Å². The normalized spacial score (nSPS) is 14.0. The number of hydrogen-bond donors (Lipinski definition) is 1. The zero-order chi connectivity index (χ0) is 22.5. The number of carbonyl (C=O) groups is 1. The number of carbonyl (C=O) groups excluding carboxylic acids is 1. The standard InChI is InChI=1S/C24H25F2N3O3/c25-24(26)32-18-9-6-16(7-10-18)12-13-27-22(30)17-8-11-19-20(15-17)28-21-5-3-1-2-4-14-29(21)23(19)31/h6-11,15,24H,1-5,12-14H2,(H,27,30). The molecule has 32 heavy (non-hydrogen) atoms. The summed E-state index contributed by atoms with van der Waals surface area (Å²) in [6, 6.07) is 11.3. The third kappa shape index (κ3) is 5.12. The van der Waals surface area contributed by atoms with E-state index in [-0.39, 0.29) is 17.2 Å². The summed E-state index contributed by atoms with van der Waals surface area (Å²) in [5.41, 5.74) is 1.84. The van der Waals surface area contributed by atoms with Crippen LogP contribution in [0.3, 0.4) is 0 Å². The van der Waals surface area contributed by atoms with Crippen molar-refractivity contribution in [3.05, 3.63) is 69.8 Å². The van der Waals surface area contributed by atoms with Crippen LogP contribution in [0.5, 0.6) is 5.75 Å². The van der Waals surface area contributed by atoms with Crippen molar-refractivity contribution in [1.29, 1.82) is 0 Å². The Hall–Kier alpha value is -3.29. The van der Waals surface area contributed by atoms with Gasteiger partial charge in [0.15, 0.2) is 0 Å². The number of fused-ring (bicyclic) bond motifs is 2. The van der Waals surface area contributed by atoms with Crippen LogP contribution in [0.4, 0.5) is 8.78 Å². The van der Waals surface area contributed by atoms with Gasteiger partial charge in [-0.25, -0.2) is 4.98 Å². The quantitative estimate of drug-likeness (QED) is 0.626. The molecule has 0 saturated carbocycles. The summed E-state index contributed by atoms with van der Waals surface area (Å²) in [7, 11) is 0. The maximum atomic E-state index is 12.9. The van der Waals surface area contributed by atoms with E-state index in [4.69, 9.17) is 4.98 Å². The van der Waals surface area contributed by atoms with E-state index in [1.54, 1.807) is 34.9 Å². The zero-order valence-electron chi connectivity index (χ0n) is 17.7. The molecule has 1 aliphatic rings. The number of alkyl halides is 2. The van der Waals surface area contributed by atoms with Crippen molar-refractivity contribution < 1.29 is 18.3 Å². The SMILES string of the molecule is O=C(NCCc1ccc(OC(F)F)cc1)c1ccc2c(=O)n3c(nc2c1)CCCCCC3. The molecule has 0 bridgehead atoms. The monoisotopic (exact) mass is 441 g/mol. The molecule has 0 fully saturated rings. The molecule has 1 amide bonds. The largest absolute Gasteiger partial charge is 0.435 e. The summed E-state index contributed by atoms with van der Waals surface area (Å²) < 4.78 is 30.5. The van der Waals surface area contributed by atoms with Crippen molar-refractivity contribution in [1.82, 2.24) is 14.9 Å². The Kier molecular flexibility index (Phi) is 6.78. The molecule has 2 aromatic carbocycles. The first-order valence-corrected chi connectivity index (χ1v) is 10.9. The average Bonchev–Trinajstić information content (AvgIpc) is 2.75. The Balaban J connectivity index is 1.43. The molecular weight excluding hydrogens is 416 g/mol. The average molecular weight is 441 g/mol. The lowest BCUT2D eigenvalue weighted by molar-refractivity contribution is -0.0498. The van der Waals surface area contributed by atoms with E-state index in [2.05, 4.69) is 10.1 Å². The fourth-order valence-electron chi connectivity index (χ4n) is 4.00. The predicted molar refractivity (Wildman–Crippen MR) is 117 cm³/mol. The lowest BCUT2D eigenvalue weighted by Crippen LogP contribution is -2.28. The molecule has 168 valence electrons. The summed E-state index contributed by atoms with van der Waals surface area (Å²) in [6.45, 7) is -1.78. The van der Waals surface area contributed by atoms with E-state index < -0.39 is 6.61 Å². The van der Waals surface area contributed by atoms with Gasteiger partial charge in [0.25, 0.3) is 11.5 Å². The second-order valence-corrected chi connectivity index (χ2v) is 7.91. The van der Waals surface area contributed by atoms with Crippen molar-refractivity contribution in [3.8, 4) is 5.75 Å². The summed E-state index contributed by atoms with van der Waals surface area (Å²) in [5, 5.41) is 3.38. The van der Waals surface area contributed by atoms with Crippen LogP contribution in [0.25, 0.3) is 10.9 Å². The molecule has 6 nitrogen and oxygen atoms in total. The van der Waals surface area contributed by atoms with Crippen LogP contribution in [0.1, 0.15) is 47.4 Å². The van der Waals surface area contributed by atoms with Crippen molar-refractivity contribution in [3.63, 3.8) is 0 Å². The van der Waals surface area contributed by atoms with Gasteiger partial charge in [0.2, 0.25) is 0 Å². The minimum absolute atomic E-state index is 0.0434. The molecule has 1 N–H and O–H groups in total. The van der Waals surface area contributed by atoms with Gasteiger partial charge >= 0.3 is 6.61 Å². The van der Waals surface area contributed by atoms with E-state index >= 15 is 0 Å². The Labute approximate surface area is 184 Å². The third-order valence-electron chi connectivity index (χ3n) is 5.68. The van der Waals surface area contributed by atoms with Gasteiger partial charge in [0.1, 0.15) is 11.6 Å². The number of hydrogen-bond acceptors (Lipinski definition) is 4. The fourth-order valence-corrected chi connectivity index (χ4v) is 4.00. The molecule has 3 aromatic rings. The van der Waals surface area contributed by atoms with Gasteiger partial charge in [-0.15, -0.1) is 0 Å². The fraction of sp³-hybridized carbons (Fsp3) is 0.375.